The Morgan fingerprint density at radius 3 is 1.85 bits per heavy atom. The summed E-state index contributed by atoms with van der Waals surface area (Å²) in [6.45, 7) is 18.8. The summed E-state index contributed by atoms with van der Waals surface area (Å²) in [4.78, 5) is 13.1. The number of rotatable bonds is 12. The predicted octanol–water partition coefficient (Wildman–Crippen LogP) is 4.41. The fraction of sp³-hybridized carbons (Fsp3) is 0.625. The summed E-state index contributed by atoms with van der Waals surface area (Å²) in [5.74, 6) is 1.02. The van der Waals surface area contributed by atoms with E-state index in [0.29, 0.717) is 33.1 Å². The molecule has 0 heterocycles. The van der Waals surface area contributed by atoms with E-state index in [-0.39, 0.29) is 5.92 Å². The monoisotopic (exact) mass is 528 g/mol. The number of carbonyl (C=O) groups excluding carboxylic acids is 1. The Bertz CT molecular complexity index is 875. The molecule has 1 rings (SSSR count). The molecule has 0 radical (unpaired) electrons. The maximum Gasteiger partial charge on any atom is 0.333 e. The first kappa shape index (κ1) is 30.4. The van der Waals surface area contributed by atoms with Crippen molar-refractivity contribution in [1.29, 1.82) is 0 Å². The minimum Gasteiger partial charge on any atom is -0.493 e. The maximum absolute atomic E-state index is 13.1. The Morgan fingerprint density at radius 2 is 1.44 bits per heavy atom. The van der Waals surface area contributed by atoms with Crippen molar-refractivity contribution >= 4 is 38.9 Å². The molecule has 0 aliphatic heterocycles. The van der Waals surface area contributed by atoms with E-state index < -0.39 is 33.6 Å². The molecule has 2 atom stereocenters. The van der Waals surface area contributed by atoms with Crippen molar-refractivity contribution in [2.24, 2.45) is 5.92 Å². The molecule has 0 fully saturated rings. The van der Waals surface area contributed by atoms with Crippen LogP contribution in [0.4, 0.5) is 0 Å². The number of carbonyl (C=O) groups is 1. The minimum absolute atomic E-state index is 0.0656. The zero-order valence-corrected chi connectivity index (χ0v) is 27.2. The summed E-state index contributed by atoms with van der Waals surface area (Å²) in [5, 5.41) is 0. The van der Waals surface area contributed by atoms with E-state index in [1.807, 2.05) is 6.92 Å². The number of hydrogen-bond donors (Lipinski definition) is 0. The molecule has 0 saturated carbocycles. The van der Waals surface area contributed by atoms with Crippen molar-refractivity contribution in [2.75, 3.05) is 21.3 Å². The first-order valence-electron chi connectivity index (χ1n) is 11.5. The van der Waals surface area contributed by atoms with Crippen LogP contribution in [0, 0.1) is 5.92 Å². The Hall–Kier alpha value is -1.60. The summed E-state index contributed by atoms with van der Waals surface area (Å²) >= 11 is 0. The second-order valence-electron chi connectivity index (χ2n) is 10.8. The highest BCUT2D eigenvalue weighted by Gasteiger charge is 2.54. The molecule has 0 saturated heterocycles. The highest BCUT2D eigenvalue weighted by Crippen LogP contribution is 2.41. The fourth-order valence-electron chi connectivity index (χ4n) is 3.82. The predicted molar refractivity (Wildman–Crippen MR) is 146 cm³/mol. The van der Waals surface area contributed by atoms with Crippen LogP contribution in [-0.2, 0) is 18.4 Å². The molecular formula is C24H44O7Si3. The van der Waals surface area contributed by atoms with E-state index in [1.54, 1.807) is 32.4 Å². The lowest BCUT2D eigenvalue weighted by Crippen LogP contribution is -2.66. The van der Waals surface area contributed by atoms with Gasteiger partial charge in [0.05, 0.1) is 31.6 Å². The molecule has 0 aromatic heterocycles. The van der Waals surface area contributed by atoms with Gasteiger partial charge in [0.25, 0.3) is 0 Å². The van der Waals surface area contributed by atoms with E-state index in [9.17, 15) is 4.79 Å². The van der Waals surface area contributed by atoms with Gasteiger partial charge in [0, 0.05) is 11.6 Å². The van der Waals surface area contributed by atoms with Crippen LogP contribution < -0.4 is 14.2 Å². The minimum atomic E-state index is -2.10. The lowest BCUT2D eigenvalue weighted by Gasteiger charge is -2.52. The third-order valence-corrected chi connectivity index (χ3v) is 9.30. The molecule has 194 valence electrons. The highest BCUT2D eigenvalue weighted by molar-refractivity contribution is 6.70. The molecule has 34 heavy (non-hydrogen) atoms. The van der Waals surface area contributed by atoms with Gasteiger partial charge in [0.2, 0.25) is 11.2 Å². The van der Waals surface area contributed by atoms with E-state index in [2.05, 4.69) is 53.1 Å². The molecule has 7 nitrogen and oxygen atoms in total. The molecule has 0 aliphatic rings. The van der Waals surface area contributed by atoms with Crippen molar-refractivity contribution in [3.05, 3.63) is 23.8 Å². The van der Waals surface area contributed by atoms with Crippen LogP contribution in [0.25, 0.3) is 6.08 Å². The zero-order valence-electron chi connectivity index (χ0n) is 23.2. The SMILES string of the molecule is COc1ccc(C=CC(=O)OC([SiH3])(O[Si](C)(C)C)C(C)(O[Si](C)(C)C)C(C)C)c(OC)c1OC. The Kier molecular flexibility index (Phi) is 10.2. The molecule has 2 unspecified atom stereocenters. The first-order chi connectivity index (χ1) is 15.4. The molecule has 0 aliphatic carbocycles. The first-order valence-corrected chi connectivity index (χ1v) is 19.3. The van der Waals surface area contributed by atoms with Crippen LogP contribution in [0.3, 0.4) is 0 Å². The number of ether oxygens (including phenoxy) is 4. The van der Waals surface area contributed by atoms with Crippen molar-refractivity contribution in [3.8, 4) is 17.2 Å². The van der Waals surface area contributed by atoms with E-state index in [1.165, 1.54) is 13.2 Å². The second-order valence-corrected chi connectivity index (χ2v) is 21.0. The summed E-state index contributed by atoms with van der Waals surface area (Å²) in [7, 11) is 0.994. The molecular weight excluding hydrogens is 485 g/mol. The van der Waals surface area contributed by atoms with Crippen molar-refractivity contribution in [1.82, 2.24) is 0 Å². The van der Waals surface area contributed by atoms with Gasteiger partial charge in [-0.3, -0.25) is 0 Å². The number of methoxy groups -OCH3 is 3. The summed E-state index contributed by atoms with van der Waals surface area (Å²) in [5.41, 5.74) is -1.27. The molecule has 0 N–H and O–H groups in total. The molecule has 10 heteroatoms. The summed E-state index contributed by atoms with van der Waals surface area (Å²) in [6, 6.07) is 3.55. The van der Waals surface area contributed by atoms with Crippen LogP contribution in [0.1, 0.15) is 26.3 Å². The van der Waals surface area contributed by atoms with Gasteiger partial charge in [-0.15, -0.1) is 0 Å². The van der Waals surface area contributed by atoms with Gasteiger partial charge in [0.15, 0.2) is 28.1 Å². The molecule has 1 aromatic carbocycles. The van der Waals surface area contributed by atoms with Gasteiger partial charge in [-0.05, 0) is 70.3 Å². The summed E-state index contributed by atoms with van der Waals surface area (Å²) < 4.78 is 35.7. The van der Waals surface area contributed by atoms with Crippen LogP contribution >= 0.6 is 0 Å². The van der Waals surface area contributed by atoms with Crippen molar-refractivity contribution < 1.29 is 32.6 Å². The second kappa shape index (κ2) is 11.4. The van der Waals surface area contributed by atoms with Gasteiger partial charge < -0.3 is 27.8 Å². The lowest BCUT2D eigenvalue weighted by molar-refractivity contribution is -0.228. The van der Waals surface area contributed by atoms with Crippen molar-refractivity contribution in [2.45, 2.75) is 71.1 Å². The van der Waals surface area contributed by atoms with Crippen LogP contribution in [0.2, 0.25) is 39.3 Å². The third-order valence-electron chi connectivity index (χ3n) is 5.45. The average Bonchev–Trinajstić information content (AvgIpc) is 2.68. The van der Waals surface area contributed by atoms with Gasteiger partial charge in [-0.2, -0.15) is 0 Å². The fourth-order valence-corrected chi connectivity index (χ4v) is 9.85. The normalized spacial score (nSPS) is 16.3. The van der Waals surface area contributed by atoms with Gasteiger partial charge >= 0.3 is 5.97 Å². The standard InChI is InChI=1S/C24H44O7Si3/c1-17(2)23(3,30-33(7,8)9)24(32,31-34(10,11)12)29-20(25)16-14-18-13-15-19(26-4)22(28-6)21(18)27-5/h13-17H,1-12,32H3. The zero-order chi connectivity index (χ0) is 26.5. The van der Waals surface area contributed by atoms with Gasteiger partial charge in [0.1, 0.15) is 5.60 Å². The molecule has 1 aromatic rings. The maximum atomic E-state index is 13.1. The van der Waals surface area contributed by atoms with E-state index >= 15 is 0 Å². The van der Waals surface area contributed by atoms with Gasteiger partial charge in [-0.25, -0.2) is 4.79 Å². The Labute approximate surface area is 210 Å². The largest absolute Gasteiger partial charge is 0.493 e. The number of benzene rings is 1. The van der Waals surface area contributed by atoms with Crippen LogP contribution in [0.5, 0.6) is 17.2 Å². The topological polar surface area (TPSA) is 72.5 Å². The van der Waals surface area contributed by atoms with E-state index in [0.717, 1.165) is 0 Å². The smallest absolute Gasteiger partial charge is 0.333 e. The Morgan fingerprint density at radius 1 is 0.912 bits per heavy atom. The number of esters is 1. The quantitative estimate of drug-likeness (QED) is 0.172. The Balaban J connectivity index is 3.41. The van der Waals surface area contributed by atoms with Gasteiger partial charge in [-0.1, -0.05) is 13.8 Å². The third kappa shape index (κ3) is 7.70. The number of hydrogen-bond acceptors (Lipinski definition) is 7. The van der Waals surface area contributed by atoms with Crippen LogP contribution in [0.15, 0.2) is 18.2 Å². The van der Waals surface area contributed by atoms with E-state index in [4.69, 9.17) is 27.8 Å². The van der Waals surface area contributed by atoms with Crippen molar-refractivity contribution in [3.63, 3.8) is 0 Å². The molecule has 0 bridgehead atoms. The molecule has 0 amide bonds. The van der Waals surface area contributed by atoms with Crippen LogP contribution in [-0.4, -0.2) is 65.2 Å². The molecule has 0 spiro atoms. The highest BCUT2D eigenvalue weighted by atomic mass is 28.4. The summed E-state index contributed by atoms with van der Waals surface area (Å²) in [6.07, 6.45) is 3.03. The average molecular weight is 529 g/mol. The lowest BCUT2D eigenvalue weighted by atomic mass is 9.91.